The van der Waals surface area contributed by atoms with E-state index < -0.39 is 0 Å². The van der Waals surface area contributed by atoms with Crippen molar-refractivity contribution in [2.24, 2.45) is 13.0 Å². The number of carbonyl (C=O) groups is 1. The third-order valence-corrected chi connectivity index (χ3v) is 8.74. The van der Waals surface area contributed by atoms with Crippen LogP contribution >= 0.6 is 12.6 Å². The lowest BCUT2D eigenvalue weighted by Crippen LogP contribution is -2.49. The molecule has 2 fully saturated rings. The zero-order valence-corrected chi connectivity index (χ0v) is 23.9. The number of aromatic nitrogens is 4. The number of hydrogen-bond acceptors (Lipinski definition) is 8. The normalized spacial score (nSPS) is 20.7. The molecule has 6 rings (SSSR count). The molecule has 1 amide bonds. The monoisotopic (exact) mass is 547 g/mol. The molecule has 3 aromatic rings. The second-order valence-corrected chi connectivity index (χ2v) is 11.9. The summed E-state index contributed by atoms with van der Waals surface area (Å²) < 4.78 is 7.67. The highest BCUT2D eigenvalue weighted by atomic mass is 32.1. The van der Waals surface area contributed by atoms with Gasteiger partial charge in [0, 0.05) is 49.0 Å². The van der Waals surface area contributed by atoms with Gasteiger partial charge in [0.05, 0.1) is 19.8 Å². The number of thiol groups is 1. The Balaban J connectivity index is 1.31. The van der Waals surface area contributed by atoms with Crippen molar-refractivity contribution in [1.82, 2.24) is 24.6 Å². The Bertz CT molecular complexity index is 1390. The van der Waals surface area contributed by atoms with Crippen LogP contribution in [-0.2, 0) is 36.7 Å². The number of aryl methyl sites for hydroxylation is 1. The van der Waals surface area contributed by atoms with E-state index in [1.807, 2.05) is 18.5 Å². The summed E-state index contributed by atoms with van der Waals surface area (Å²) in [5.74, 6) is 3.00. The van der Waals surface area contributed by atoms with Crippen molar-refractivity contribution in [1.29, 1.82) is 0 Å². The molecule has 3 aliphatic rings. The van der Waals surface area contributed by atoms with Crippen LogP contribution in [0.15, 0.2) is 35.5 Å². The van der Waals surface area contributed by atoms with Crippen molar-refractivity contribution in [3.05, 3.63) is 58.7 Å². The smallest absolute Gasteiger partial charge is 0.260 e. The highest BCUT2D eigenvalue weighted by molar-refractivity contribution is 7.80. The first kappa shape index (κ1) is 26.3. The van der Waals surface area contributed by atoms with Crippen LogP contribution in [0.4, 0.5) is 11.6 Å². The van der Waals surface area contributed by atoms with E-state index in [2.05, 4.69) is 51.6 Å². The maximum Gasteiger partial charge on any atom is 0.260 e. The predicted molar refractivity (Wildman–Crippen MR) is 153 cm³/mol. The van der Waals surface area contributed by atoms with Gasteiger partial charge in [0.2, 0.25) is 0 Å². The molecule has 0 unspecified atom stereocenters. The number of likely N-dealkylation sites (tertiary alicyclic amines) is 1. The van der Waals surface area contributed by atoms with E-state index in [4.69, 9.17) is 22.3 Å². The predicted octanol–water partition coefficient (Wildman–Crippen LogP) is 3.83. The number of pyridine rings is 1. The Morgan fingerprint density at radius 1 is 1.23 bits per heavy atom. The summed E-state index contributed by atoms with van der Waals surface area (Å²) >= 11 is 4.83. The number of carbonyl (C=O) groups excluding carboxylic acids is 1. The highest BCUT2D eigenvalue weighted by Crippen LogP contribution is 2.40. The van der Waals surface area contributed by atoms with E-state index in [1.54, 1.807) is 11.2 Å². The quantitative estimate of drug-likeness (QED) is 0.415. The van der Waals surface area contributed by atoms with E-state index in [1.165, 1.54) is 12.8 Å². The Hall–Kier alpha value is -2.95. The van der Waals surface area contributed by atoms with Crippen LogP contribution in [0.5, 0.6) is 0 Å². The van der Waals surface area contributed by atoms with Crippen molar-refractivity contribution in [3.63, 3.8) is 0 Å². The Morgan fingerprint density at radius 2 is 2.08 bits per heavy atom. The maximum absolute atomic E-state index is 13.8. The molecule has 0 spiro atoms. The highest BCUT2D eigenvalue weighted by Gasteiger charge is 2.43. The number of nitrogens with one attached hydrogen (secondary N) is 1. The molecule has 0 radical (unpaired) electrons. The standard InChI is InChI=1S/C29H37N7O2S/c1-4-30-25-10-21(29(16-38-17-29)12-27-33-31-18-34(27)3)11-26(32-25)36-15-23-22(28(36)37)8-20(9-24(23)39)14-35-7-5-6-19(2)13-35/h8-11,18-19,39H,4-7,12-17H2,1-3H3,(H,30,32)/t19-/m0/s1. The van der Waals surface area contributed by atoms with E-state index in [0.29, 0.717) is 37.9 Å². The number of ether oxygens (including phenoxy) is 1. The van der Waals surface area contributed by atoms with Gasteiger partial charge < -0.3 is 14.6 Å². The number of benzene rings is 1. The summed E-state index contributed by atoms with van der Waals surface area (Å²) in [7, 11) is 1.96. The van der Waals surface area contributed by atoms with Gasteiger partial charge in [-0.2, -0.15) is 0 Å². The van der Waals surface area contributed by atoms with Crippen LogP contribution in [0.3, 0.4) is 0 Å². The molecular weight excluding hydrogens is 510 g/mol. The number of anilines is 2. The van der Waals surface area contributed by atoms with Crippen LogP contribution in [0.2, 0.25) is 0 Å². The zero-order valence-electron chi connectivity index (χ0n) is 23.0. The van der Waals surface area contributed by atoms with Crippen LogP contribution < -0.4 is 10.2 Å². The molecule has 0 aliphatic carbocycles. The van der Waals surface area contributed by atoms with Gasteiger partial charge in [0.1, 0.15) is 23.8 Å². The first-order valence-electron chi connectivity index (χ1n) is 13.9. The molecule has 1 aromatic carbocycles. The fourth-order valence-corrected chi connectivity index (χ4v) is 6.49. The Kier molecular flexibility index (Phi) is 7.11. The topological polar surface area (TPSA) is 88.4 Å². The van der Waals surface area contributed by atoms with E-state index in [9.17, 15) is 4.79 Å². The summed E-state index contributed by atoms with van der Waals surface area (Å²) in [6.07, 6.45) is 4.94. The third kappa shape index (κ3) is 5.05. The van der Waals surface area contributed by atoms with Crippen LogP contribution in [0.1, 0.15) is 59.6 Å². The number of rotatable bonds is 8. The summed E-state index contributed by atoms with van der Waals surface area (Å²) in [5.41, 5.74) is 3.70. The van der Waals surface area contributed by atoms with Gasteiger partial charge in [-0.25, -0.2) is 4.98 Å². The van der Waals surface area contributed by atoms with Crippen molar-refractivity contribution in [2.75, 3.05) is 43.1 Å². The molecule has 2 aromatic heterocycles. The summed E-state index contributed by atoms with van der Waals surface area (Å²) in [6, 6.07) is 8.34. The number of amides is 1. The molecule has 10 heteroatoms. The van der Waals surface area contributed by atoms with Gasteiger partial charge in [0.25, 0.3) is 5.91 Å². The third-order valence-electron chi connectivity index (χ3n) is 8.34. The first-order chi connectivity index (χ1) is 18.8. The average molecular weight is 548 g/mol. The Labute approximate surface area is 235 Å². The largest absolute Gasteiger partial charge is 0.379 e. The number of hydrogen-bond donors (Lipinski definition) is 2. The minimum Gasteiger partial charge on any atom is -0.379 e. The maximum atomic E-state index is 13.8. The van der Waals surface area contributed by atoms with Crippen molar-refractivity contribution < 1.29 is 9.53 Å². The molecule has 0 bridgehead atoms. The molecule has 2 saturated heterocycles. The average Bonchev–Trinajstić information content (AvgIpc) is 3.44. The molecular formula is C29H37N7O2S. The second-order valence-electron chi connectivity index (χ2n) is 11.5. The van der Waals surface area contributed by atoms with Gasteiger partial charge in [-0.15, -0.1) is 22.8 Å². The minimum atomic E-state index is -0.244. The molecule has 9 nitrogen and oxygen atoms in total. The van der Waals surface area contributed by atoms with Gasteiger partial charge in [-0.05, 0) is 73.2 Å². The lowest BCUT2D eigenvalue weighted by Gasteiger charge is -2.42. The summed E-state index contributed by atoms with van der Waals surface area (Å²) in [5, 5.41) is 11.7. The summed E-state index contributed by atoms with van der Waals surface area (Å²) in [6.45, 7) is 9.78. The second kappa shape index (κ2) is 10.6. The fourth-order valence-electron chi connectivity index (χ4n) is 6.13. The lowest BCUT2D eigenvalue weighted by molar-refractivity contribution is -0.0611. The van der Waals surface area contributed by atoms with Crippen molar-refractivity contribution in [2.45, 2.75) is 56.5 Å². The van der Waals surface area contributed by atoms with Gasteiger partial charge in [-0.1, -0.05) is 6.92 Å². The molecule has 206 valence electrons. The fraction of sp³-hybridized carbons (Fsp3) is 0.517. The first-order valence-corrected chi connectivity index (χ1v) is 14.4. The van der Waals surface area contributed by atoms with Crippen molar-refractivity contribution >= 4 is 30.2 Å². The van der Waals surface area contributed by atoms with Crippen LogP contribution in [-0.4, -0.2) is 63.4 Å². The number of nitrogens with zero attached hydrogens (tertiary/aromatic N) is 6. The van der Waals surface area contributed by atoms with E-state index >= 15 is 0 Å². The van der Waals surface area contributed by atoms with Crippen molar-refractivity contribution in [3.8, 4) is 0 Å². The molecule has 3 aliphatic heterocycles. The molecule has 1 N–H and O–H groups in total. The number of piperidine rings is 1. The zero-order chi connectivity index (χ0) is 27.1. The molecule has 1 atom stereocenters. The Morgan fingerprint density at radius 3 is 2.77 bits per heavy atom. The minimum absolute atomic E-state index is 0.0199. The molecule has 0 saturated carbocycles. The molecule has 39 heavy (non-hydrogen) atoms. The van der Waals surface area contributed by atoms with Crippen LogP contribution in [0.25, 0.3) is 0 Å². The SMILES string of the molecule is CCNc1cc(C2(Cc3nncn3C)COC2)cc(N2Cc3c(S)cc(CN4CCC[C@H](C)C4)cc3C2=O)n1. The van der Waals surface area contributed by atoms with Gasteiger partial charge in [0.15, 0.2) is 0 Å². The van der Waals surface area contributed by atoms with Gasteiger partial charge >= 0.3 is 0 Å². The lowest BCUT2D eigenvalue weighted by atomic mass is 9.75. The van der Waals surface area contributed by atoms with E-state index in [-0.39, 0.29) is 11.3 Å². The summed E-state index contributed by atoms with van der Waals surface area (Å²) in [4.78, 5) is 23.9. The van der Waals surface area contributed by atoms with Gasteiger partial charge in [-0.3, -0.25) is 14.6 Å². The number of fused-ring (bicyclic) bond motifs is 1. The molecule has 5 heterocycles. The van der Waals surface area contributed by atoms with E-state index in [0.717, 1.165) is 65.0 Å². The van der Waals surface area contributed by atoms with Crippen LogP contribution in [0, 0.1) is 5.92 Å².